The summed E-state index contributed by atoms with van der Waals surface area (Å²) in [6.07, 6.45) is 19.3. The van der Waals surface area contributed by atoms with E-state index in [-0.39, 0.29) is 27.4 Å². The molecule has 0 aromatic rings. The van der Waals surface area contributed by atoms with Crippen LogP contribution in [0.15, 0.2) is 12.2 Å². The minimum Gasteiger partial charge on any atom is -0.350 e. The topological polar surface area (TPSA) is 46.2 Å². The second-order valence-corrected chi connectivity index (χ2v) is 15.1. The van der Waals surface area contributed by atoms with Crippen molar-refractivity contribution in [3.8, 4) is 0 Å². The molecule has 7 aliphatic carbocycles. The van der Waals surface area contributed by atoms with Crippen LogP contribution < -0.4 is 5.32 Å². The fourth-order valence-electron chi connectivity index (χ4n) is 11.2. The zero-order valence-electron chi connectivity index (χ0n) is 20.5. The molecule has 4 heteroatoms. The first kappa shape index (κ1) is 21.5. The zero-order valence-corrected chi connectivity index (χ0v) is 21.3. The fraction of sp³-hybridized carbons (Fsp3) is 0.862. The highest BCUT2D eigenvalue weighted by atomic mass is 32.2. The van der Waals surface area contributed by atoms with Crippen molar-refractivity contribution in [2.75, 3.05) is 0 Å². The molecule has 8 rings (SSSR count). The van der Waals surface area contributed by atoms with Crippen LogP contribution in [0.2, 0.25) is 0 Å². The lowest BCUT2D eigenvalue weighted by atomic mass is 9.49. The number of hydrogen-bond acceptors (Lipinski definition) is 3. The number of carbonyl (C=O) groups is 2. The van der Waals surface area contributed by atoms with Gasteiger partial charge in [-0.2, -0.15) is 0 Å². The summed E-state index contributed by atoms with van der Waals surface area (Å²) in [5.41, 5.74) is 0.458. The summed E-state index contributed by atoms with van der Waals surface area (Å²) in [4.78, 5) is 26.0. The summed E-state index contributed by atoms with van der Waals surface area (Å²) in [7, 11) is 0. The summed E-state index contributed by atoms with van der Waals surface area (Å²) in [5, 5.41) is 4.47. The molecule has 8 aliphatic rings. The molecule has 1 heterocycles. The van der Waals surface area contributed by atoms with E-state index < -0.39 is 0 Å². The van der Waals surface area contributed by atoms with Gasteiger partial charge in [0.05, 0.1) is 0 Å². The third-order valence-corrected chi connectivity index (χ3v) is 13.7. The van der Waals surface area contributed by atoms with Crippen molar-refractivity contribution < 1.29 is 9.59 Å². The van der Waals surface area contributed by atoms with Crippen LogP contribution in [0, 0.1) is 52.3 Å². The largest absolute Gasteiger partial charge is 0.350 e. The van der Waals surface area contributed by atoms with Gasteiger partial charge in [-0.25, -0.2) is 0 Å². The first-order valence-corrected chi connectivity index (χ1v) is 14.9. The monoisotopic (exact) mass is 467 g/mol. The van der Waals surface area contributed by atoms with Crippen molar-refractivity contribution in [1.82, 2.24) is 5.32 Å². The van der Waals surface area contributed by atoms with Gasteiger partial charge in [0, 0.05) is 22.1 Å². The van der Waals surface area contributed by atoms with Crippen LogP contribution in [-0.2, 0) is 9.59 Å². The van der Waals surface area contributed by atoms with E-state index in [0.717, 1.165) is 36.5 Å². The molecule has 180 valence electrons. The van der Waals surface area contributed by atoms with E-state index in [1.807, 2.05) is 6.08 Å². The van der Waals surface area contributed by atoms with Crippen molar-refractivity contribution in [1.29, 1.82) is 0 Å². The maximum Gasteiger partial charge on any atom is 0.224 e. The Morgan fingerprint density at radius 3 is 2.33 bits per heavy atom. The number of allylic oxidation sites excluding steroid dienone is 1. The normalized spacial score (nSPS) is 56.2. The van der Waals surface area contributed by atoms with E-state index >= 15 is 0 Å². The summed E-state index contributed by atoms with van der Waals surface area (Å²) >= 11 is 1.60. The molecule has 3 nitrogen and oxygen atoms in total. The Balaban J connectivity index is 1.11. The quantitative estimate of drug-likeness (QED) is 0.531. The maximum absolute atomic E-state index is 13.9. The van der Waals surface area contributed by atoms with Gasteiger partial charge in [-0.05, 0) is 124 Å². The molecule has 0 saturated heterocycles. The predicted octanol–water partition coefficient (Wildman–Crippen LogP) is 6.13. The number of hydrogen-bond donors (Lipinski definition) is 1. The summed E-state index contributed by atoms with van der Waals surface area (Å²) in [6.45, 7) is 4.91. The molecule has 7 atom stereocenters. The minimum absolute atomic E-state index is 0.139. The first-order valence-electron chi connectivity index (χ1n) is 14.0. The molecule has 0 unspecified atom stereocenters. The smallest absolute Gasteiger partial charge is 0.224 e. The van der Waals surface area contributed by atoms with Gasteiger partial charge in [0.25, 0.3) is 0 Å². The van der Waals surface area contributed by atoms with E-state index in [9.17, 15) is 9.59 Å². The molecule has 0 aromatic carbocycles. The molecular formula is C29H41NO2S. The van der Waals surface area contributed by atoms with Gasteiger partial charge in [0.15, 0.2) is 0 Å². The molecule has 4 bridgehead atoms. The Morgan fingerprint density at radius 1 is 0.939 bits per heavy atom. The van der Waals surface area contributed by atoms with Crippen molar-refractivity contribution in [2.45, 2.75) is 102 Å². The van der Waals surface area contributed by atoms with Crippen LogP contribution in [0.1, 0.15) is 90.9 Å². The second kappa shape index (κ2) is 7.14. The summed E-state index contributed by atoms with van der Waals surface area (Å²) in [6, 6.07) is 0. The summed E-state index contributed by atoms with van der Waals surface area (Å²) < 4.78 is 0. The zero-order chi connectivity index (χ0) is 22.6. The van der Waals surface area contributed by atoms with E-state index in [1.54, 1.807) is 11.8 Å². The lowest BCUT2D eigenvalue weighted by molar-refractivity contribution is -0.137. The van der Waals surface area contributed by atoms with Crippen molar-refractivity contribution in [2.24, 2.45) is 52.3 Å². The predicted molar refractivity (Wildman–Crippen MR) is 132 cm³/mol. The number of thioether (sulfide) groups is 1. The molecule has 7 saturated carbocycles. The molecule has 0 spiro atoms. The average molecular weight is 468 g/mol. The molecule has 1 N–H and O–H groups in total. The van der Waals surface area contributed by atoms with Crippen LogP contribution in [0.5, 0.6) is 0 Å². The summed E-state index contributed by atoms with van der Waals surface area (Å²) in [5.74, 6) is 5.34. The maximum atomic E-state index is 13.9. The van der Waals surface area contributed by atoms with Gasteiger partial charge in [-0.3, -0.25) is 9.59 Å². The van der Waals surface area contributed by atoms with Gasteiger partial charge in [0.2, 0.25) is 11.0 Å². The lowest BCUT2D eigenvalue weighted by Gasteiger charge is -2.59. The van der Waals surface area contributed by atoms with Crippen molar-refractivity contribution in [3.63, 3.8) is 0 Å². The Labute approximate surface area is 203 Å². The van der Waals surface area contributed by atoms with Crippen LogP contribution in [0.4, 0.5) is 0 Å². The number of nitrogens with one attached hydrogen (secondary N) is 1. The van der Waals surface area contributed by atoms with Gasteiger partial charge in [-0.1, -0.05) is 31.7 Å². The highest BCUT2D eigenvalue weighted by molar-refractivity contribution is 8.14. The molecule has 1 aliphatic heterocycles. The SMILES string of the molecule is C[C@]12C=CC(=O)S[C@@H]1CC[C@@H]1[C@@H]2CC[C@]2(C)[C@@H](C(=O)NC34CC5CC(CC(C5)C3)C4)CC[C@@H]12. The van der Waals surface area contributed by atoms with Crippen molar-refractivity contribution >= 4 is 22.8 Å². The van der Waals surface area contributed by atoms with Crippen molar-refractivity contribution in [3.05, 3.63) is 12.2 Å². The van der Waals surface area contributed by atoms with Gasteiger partial charge < -0.3 is 5.32 Å². The van der Waals surface area contributed by atoms with Crippen LogP contribution in [0.25, 0.3) is 0 Å². The van der Waals surface area contributed by atoms with E-state index in [4.69, 9.17) is 0 Å². The van der Waals surface area contributed by atoms with Gasteiger partial charge in [-0.15, -0.1) is 0 Å². The Kier molecular flexibility index (Phi) is 4.65. The Morgan fingerprint density at radius 2 is 1.64 bits per heavy atom. The van der Waals surface area contributed by atoms with E-state index in [0.29, 0.717) is 23.0 Å². The second-order valence-electron chi connectivity index (χ2n) is 13.9. The van der Waals surface area contributed by atoms with Crippen LogP contribution >= 0.6 is 11.8 Å². The number of carbonyl (C=O) groups excluding carboxylic acids is 2. The van der Waals surface area contributed by atoms with Gasteiger partial charge in [0.1, 0.15) is 0 Å². The average Bonchev–Trinajstić information content (AvgIpc) is 3.10. The fourth-order valence-corrected chi connectivity index (χ4v) is 12.4. The standard InChI is InChI=1S/C29H41NO2S/c1-27-9-7-22-20(3-6-24-28(22,2)10-8-25(31)33-24)21(27)4-5-23(27)26(32)30-29-14-17-11-18(15-29)13-19(12-17)16-29/h8,10,17-24H,3-7,9,11-16H2,1-2H3,(H,30,32)/t17?,18?,19?,20-,21-,22-,23+,24+,27-,28+,29?/m0/s1. The molecule has 0 aromatic heterocycles. The molecule has 7 fully saturated rings. The highest BCUT2D eigenvalue weighted by Gasteiger charge is 2.62. The van der Waals surface area contributed by atoms with E-state index in [1.165, 1.54) is 64.2 Å². The highest BCUT2D eigenvalue weighted by Crippen LogP contribution is 2.66. The van der Waals surface area contributed by atoms with Gasteiger partial charge >= 0.3 is 0 Å². The lowest BCUT2D eigenvalue weighted by Crippen LogP contribution is -2.61. The number of fused-ring (bicyclic) bond motifs is 5. The van der Waals surface area contributed by atoms with Crippen LogP contribution in [-0.4, -0.2) is 21.8 Å². The van der Waals surface area contributed by atoms with Crippen LogP contribution in [0.3, 0.4) is 0 Å². The first-order chi connectivity index (χ1) is 15.8. The minimum atomic E-state index is 0.139. The third kappa shape index (κ3) is 3.07. The Bertz CT molecular complexity index is 876. The molecule has 33 heavy (non-hydrogen) atoms. The third-order valence-electron chi connectivity index (χ3n) is 12.3. The number of amides is 1. The molecule has 1 amide bonds. The van der Waals surface area contributed by atoms with E-state index in [2.05, 4.69) is 25.2 Å². The molecule has 0 radical (unpaired) electrons. The molecular weight excluding hydrogens is 426 g/mol. The number of rotatable bonds is 2. The Hall–Kier alpha value is -0.770.